The number of methoxy groups -OCH3 is 1. The molecule has 1 aromatic heterocycles. The lowest BCUT2D eigenvalue weighted by atomic mass is 10.2. The monoisotopic (exact) mass is 622 g/mol. The van der Waals surface area contributed by atoms with E-state index in [2.05, 4.69) is 32.5 Å². The van der Waals surface area contributed by atoms with Crippen LogP contribution in [0.3, 0.4) is 0 Å². The topological polar surface area (TPSA) is 135 Å². The highest BCUT2D eigenvalue weighted by Crippen LogP contribution is 2.38. The number of nitrogens with zero attached hydrogens (tertiary/aromatic N) is 5. The van der Waals surface area contributed by atoms with Gasteiger partial charge in [-0.2, -0.15) is 18.2 Å². The largest absolute Gasteiger partial charge is 0.494 e. The smallest absolute Gasteiger partial charge is 0.405 e. The van der Waals surface area contributed by atoms with Crippen molar-refractivity contribution < 1.29 is 31.5 Å². The lowest BCUT2D eigenvalue weighted by Crippen LogP contribution is -2.29. The van der Waals surface area contributed by atoms with Crippen LogP contribution in [0, 0.1) is 0 Å². The fourth-order valence-corrected chi connectivity index (χ4v) is 4.42. The van der Waals surface area contributed by atoms with Crippen molar-refractivity contribution in [1.29, 1.82) is 0 Å². The van der Waals surface area contributed by atoms with Crippen LogP contribution in [-0.2, 0) is 16.1 Å². The lowest BCUT2D eigenvalue weighted by Gasteiger charge is -2.26. The quantitative estimate of drug-likeness (QED) is 0.149. The van der Waals surface area contributed by atoms with Crippen molar-refractivity contribution in [3.05, 3.63) is 61.3 Å². The van der Waals surface area contributed by atoms with Crippen LogP contribution in [0.15, 0.2) is 61.3 Å². The molecule has 0 bridgehead atoms. The van der Waals surface area contributed by atoms with E-state index in [1.54, 1.807) is 12.1 Å². The van der Waals surface area contributed by atoms with Crippen LogP contribution in [0.2, 0.25) is 0 Å². The number of hydrogen-bond donors (Lipinski definition) is 4. The molecule has 16 heteroatoms. The fraction of sp³-hybridized carbons (Fsp3) is 0.296. The predicted octanol–water partition coefficient (Wildman–Crippen LogP) is 4.60. The first-order chi connectivity index (χ1) is 20.3. The number of ether oxygens (including phenoxy) is 1. The summed E-state index contributed by atoms with van der Waals surface area (Å²) in [4.78, 5) is 24.7. The average molecular weight is 623 g/mol. The summed E-state index contributed by atoms with van der Waals surface area (Å²) in [5.74, 6) is -0.169. The molecule has 1 heterocycles. The van der Waals surface area contributed by atoms with E-state index in [4.69, 9.17) is 4.74 Å². The van der Waals surface area contributed by atoms with Crippen molar-refractivity contribution in [2.75, 3.05) is 73.0 Å². The number of carbonyl (C=O) groups is 1. The molecule has 43 heavy (non-hydrogen) atoms. The maximum absolute atomic E-state index is 12.9. The summed E-state index contributed by atoms with van der Waals surface area (Å²) in [5.41, 5.74) is 1.41. The van der Waals surface area contributed by atoms with Crippen molar-refractivity contribution in [3.8, 4) is 5.75 Å². The van der Waals surface area contributed by atoms with Gasteiger partial charge in [0.1, 0.15) is 12.3 Å². The van der Waals surface area contributed by atoms with E-state index in [-0.39, 0.29) is 23.1 Å². The maximum Gasteiger partial charge on any atom is 0.405 e. The molecular weight excluding hydrogens is 589 g/mol. The Bertz CT molecular complexity index is 1460. The number of likely N-dealkylation sites (N-methyl/N-ethyl adjacent to an activating group) is 2. The first-order valence-corrected chi connectivity index (χ1v) is 13.8. The molecule has 1 atom stereocenters. The number of aromatic nitrogens is 2. The van der Waals surface area contributed by atoms with Crippen molar-refractivity contribution >= 4 is 57.4 Å². The molecule has 0 spiro atoms. The lowest BCUT2D eigenvalue weighted by molar-refractivity contribution is -0.115. The van der Waals surface area contributed by atoms with Gasteiger partial charge in [-0.3, -0.25) is 9.35 Å². The van der Waals surface area contributed by atoms with E-state index < -0.39 is 29.9 Å². The first-order valence-electron chi connectivity index (χ1n) is 12.7. The summed E-state index contributed by atoms with van der Waals surface area (Å²) < 4.78 is 67.6. The maximum atomic E-state index is 12.9. The molecule has 0 radical (unpaired) electrons. The van der Waals surface area contributed by atoms with Crippen LogP contribution in [0.25, 0.3) is 0 Å². The van der Waals surface area contributed by atoms with E-state index in [9.17, 15) is 26.7 Å². The summed E-state index contributed by atoms with van der Waals surface area (Å²) in [5, 5.41) is 8.03. The molecule has 0 saturated carbocycles. The molecule has 3 rings (SSSR count). The molecule has 0 aliphatic carbocycles. The van der Waals surface area contributed by atoms with Gasteiger partial charge >= 0.3 is 6.18 Å². The average Bonchev–Trinajstić information content (AvgIpc) is 2.95. The number of amides is 1. The third kappa shape index (κ3) is 9.29. The molecule has 12 nitrogen and oxygen atoms in total. The minimum Gasteiger partial charge on any atom is -0.494 e. The number of benzene rings is 2. The third-order valence-electron chi connectivity index (χ3n) is 5.91. The van der Waals surface area contributed by atoms with Gasteiger partial charge in [-0.1, -0.05) is 18.7 Å². The molecule has 4 N–H and O–H groups in total. The summed E-state index contributed by atoms with van der Waals surface area (Å²) in [6.45, 7) is 3.54. The molecule has 1 unspecified atom stereocenters. The van der Waals surface area contributed by atoms with Gasteiger partial charge in [0.2, 0.25) is 11.9 Å². The number of anilines is 7. The predicted molar refractivity (Wildman–Crippen MR) is 163 cm³/mol. The van der Waals surface area contributed by atoms with Crippen LogP contribution in [-0.4, -0.2) is 83.6 Å². The number of halogens is 3. The Morgan fingerprint density at radius 2 is 1.81 bits per heavy atom. The first kappa shape index (κ1) is 33.1. The molecule has 0 saturated heterocycles. The number of rotatable bonds is 14. The van der Waals surface area contributed by atoms with Crippen LogP contribution >= 0.6 is 0 Å². The molecule has 3 aromatic rings. The minimum atomic E-state index is -4.51. The summed E-state index contributed by atoms with van der Waals surface area (Å²) >= 11 is -2.72. The van der Waals surface area contributed by atoms with Crippen molar-refractivity contribution in [1.82, 2.24) is 14.9 Å². The number of carbonyl (C=O) groups excluding carboxylic acids is 1. The Labute approximate surface area is 250 Å². The van der Waals surface area contributed by atoms with Crippen LogP contribution < -0.4 is 29.9 Å². The highest BCUT2D eigenvalue weighted by atomic mass is 32.2. The second-order valence-electron chi connectivity index (χ2n) is 9.36. The normalized spacial score (nSPS) is 11.9. The highest BCUT2D eigenvalue weighted by molar-refractivity contribution is 7.81. The van der Waals surface area contributed by atoms with Gasteiger partial charge in [-0.05, 0) is 38.4 Å². The summed E-state index contributed by atoms with van der Waals surface area (Å²) in [6.07, 6.45) is -2.06. The molecule has 0 aliphatic rings. The van der Waals surface area contributed by atoms with E-state index in [0.717, 1.165) is 16.9 Å². The Morgan fingerprint density at radius 3 is 2.44 bits per heavy atom. The fourth-order valence-electron chi connectivity index (χ4n) is 3.83. The van der Waals surface area contributed by atoms with Crippen LogP contribution in [0.4, 0.5) is 53.4 Å². The van der Waals surface area contributed by atoms with E-state index in [1.807, 2.05) is 30.9 Å². The number of para-hydroxylation sites is 2. The Hall–Kier alpha value is -4.41. The van der Waals surface area contributed by atoms with Gasteiger partial charge in [0.15, 0.2) is 5.82 Å². The Kier molecular flexibility index (Phi) is 11.3. The molecule has 0 fully saturated rings. The minimum absolute atomic E-state index is 0.0191. The second kappa shape index (κ2) is 14.7. The highest BCUT2D eigenvalue weighted by Gasteiger charge is 2.28. The van der Waals surface area contributed by atoms with Gasteiger partial charge < -0.3 is 30.5 Å². The standard InChI is InChI=1S/C27H33F3N8O4S/c1-6-25(39)33-19-15-20(23(42-5)16-22(19)37(4)14-13-36(2)3)34-26-31-12-11-24(35-26)38(43(40)41)21-10-8-7-9-18(21)32-17-27(28,29)30/h6-12,15-16,32H,1,13-14,17H2,2-5H3,(H,33,39)(H,40,41)(H,31,34,35). The van der Waals surface area contributed by atoms with Crippen molar-refractivity contribution in [3.63, 3.8) is 0 Å². The van der Waals surface area contributed by atoms with Gasteiger partial charge in [-0.15, -0.1) is 0 Å². The Morgan fingerprint density at radius 1 is 1.09 bits per heavy atom. The van der Waals surface area contributed by atoms with Gasteiger partial charge in [0.25, 0.3) is 11.3 Å². The molecule has 0 aliphatic heterocycles. The van der Waals surface area contributed by atoms with Gasteiger partial charge in [-0.25, -0.2) is 13.5 Å². The van der Waals surface area contributed by atoms with Gasteiger partial charge in [0.05, 0.1) is 35.5 Å². The van der Waals surface area contributed by atoms with Gasteiger partial charge in [0, 0.05) is 38.5 Å². The summed E-state index contributed by atoms with van der Waals surface area (Å²) in [6, 6.07) is 10.4. The molecular formula is C27H33F3N8O4S. The second-order valence-corrected chi connectivity index (χ2v) is 10.2. The Balaban J connectivity index is 2.01. The van der Waals surface area contributed by atoms with Crippen LogP contribution in [0.5, 0.6) is 5.75 Å². The zero-order valence-corrected chi connectivity index (χ0v) is 24.8. The van der Waals surface area contributed by atoms with E-state index in [0.29, 0.717) is 29.4 Å². The molecule has 1 amide bonds. The summed E-state index contributed by atoms with van der Waals surface area (Å²) in [7, 11) is 7.22. The molecule has 2 aromatic carbocycles. The van der Waals surface area contributed by atoms with Crippen molar-refractivity contribution in [2.24, 2.45) is 0 Å². The number of nitrogens with one attached hydrogen (secondary N) is 3. The number of hydrogen-bond acceptors (Lipinski definition) is 9. The zero-order valence-electron chi connectivity index (χ0n) is 24.0. The van der Waals surface area contributed by atoms with Crippen LogP contribution in [0.1, 0.15) is 0 Å². The third-order valence-corrected chi connectivity index (χ3v) is 6.60. The zero-order chi connectivity index (χ0) is 31.7. The number of alkyl halides is 3. The van der Waals surface area contributed by atoms with E-state index in [1.165, 1.54) is 43.6 Å². The van der Waals surface area contributed by atoms with Crippen molar-refractivity contribution in [2.45, 2.75) is 6.18 Å². The van der Waals surface area contributed by atoms with E-state index >= 15 is 0 Å². The molecule has 232 valence electrons. The SMILES string of the molecule is C=CC(=O)Nc1cc(Nc2nccc(N(c3ccccc3NCC(F)(F)F)S(=O)O)n2)c(OC)cc1N(C)CCN(C)C.